The van der Waals surface area contributed by atoms with E-state index in [1.54, 1.807) is 0 Å². The van der Waals surface area contributed by atoms with E-state index in [2.05, 4.69) is 17.2 Å². The maximum absolute atomic E-state index is 11.2. The van der Waals surface area contributed by atoms with Crippen LogP contribution in [0.4, 0.5) is 16.2 Å². The molecule has 0 spiro atoms. The lowest BCUT2D eigenvalue weighted by atomic mass is 10.2. The number of benzene rings is 1. The minimum Gasteiger partial charge on any atom is -0.378 e. The number of amides is 2. The third kappa shape index (κ3) is 3.34. The molecule has 0 bridgehead atoms. The normalized spacial score (nSPS) is 9.20. The number of nitrogens with zero attached hydrogens (tertiary/aromatic N) is 1. The van der Waals surface area contributed by atoms with Crippen LogP contribution in [0.3, 0.4) is 0 Å². The first-order chi connectivity index (χ1) is 7.13. The van der Waals surface area contributed by atoms with E-state index in [9.17, 15) is 4.79 Å². The Hall–Kier alpha value is -1.97. The first-order valence-electron chi connectivity index (χ1n) is 4.59. The van der Waals surface area contributed by atoms with Gasteiger partial charge in [-0.3, -0.25) is 0 Å². The van der Waals surface area contributed by atoms with Crippen LogP contribution >= 0.6 is 0 Å². The van der Waals surface area contributed by atoms with Crippen LogP contribution in [0.5, 0.6) is 0 Å². The van der Waals surface area contributed by atoms with Gasteiger partial charge < -0.3 is 15.5 Å². The maximum Gasteiger partial charge on any atom is 0.323 e. The third-order valence-corrected chi connectivity index (χ3v) is 1.85. The zero-order valence-corrected chi connectivity index (χ0v) is 8.95. The molecule has 4 heteroatoms. The van der Waals surface area contributed by atoms with Crippen LogP contribution in [0, 0.1) is 0 Å². The van der Waals surface area contributed by atoms with Crippen LogP contribution in [0.2, 0.25) is 0 Å². The average molecular weight is 205 g/mol. The second-order valence-electron chi connectivity index (χ2n) is 3.25. The fourth-order valence-corrected chi connectivity index (χ4v) is 1.12. The Morgan fingerprint density at radius 3 is 2.80 bits per heavy atom. The van der Waals surface area contributed by atoms with Crippen molar-refractivity contribution in [2.45, 2.75) is 0 Å². The summed E-state index contributed by atoms with van der Waals surface area (Å²) in [5.41, 5.74) is 1.78. The lowest BCUT2D eigenvalue weighted by Gasteiger charge is -2.13. The van der Waals surface area contributed by atoms with Crippen molar-refractivity contribution in [3.63, 3.8) is 0 Å². The van der Waals surface area contributed by atoms with E-state index in [4.69, 9.17) is 0 Å². The number of hydrogen-bond donors (Lipinski definition) is 2. The molecule has 0 saturated carbocycles. The van der Waals surface area contributed by atoms with Crippen molar-refractivity contribution in [1.82, 2.24) is 5.32 Å². The molecule has 2 N–H and O–H groups in total. The molecule has 0 unspecified atom stereocenters. The van der Waals surface area contributed by atoms with Crippen molar-refractivity contribution in [2.24, 2.45) is 0 Å². The molecular weight excluding hydrogens is 190 g/mol. The smallest absolute Gasteiger partial charge is 0.323 e. The van der Waals surface area contributed by atoms with Gasteiger partial charge in [0.2, 0.25) is 0 Å². The Morgan fingerprint density at radius 1 is 1.47 bits per heavy atom. The van der Waals surface area contributed by atoms with Crippen molar-refractivity contribution < 1.29 is 4.79 Å². The first-order valence-corrected chi connectivity index (χ1v) is 4.59. The highest BCUT2D eigenvalue weighted by atomic mass is 16.2. The standard InChI is InChI=1S/C11H15N3O/c1-4-12-11(15)13-9-6-5-7-10(8-9)14(2)3/h4-8H,1H2,2-3H3,(H2,12,13,15). The Labute approximate surface area is 89.6 Å². The number of rotatable bonds is 3. The SMILES string of the molecule is C=CNC(=O)Nc1cccc(N(C)C)c1. The van der Waals surface area contributed by atoms with Crippen LogP contribution < -0.4 is 15.5 Å². The topological polar surface area (TPSA) is 44.4 Å². The zero-order chi connectivity index (χ0) is 11.3. The molecule has 0 radical (unpaired) electrons. The van der Waals surface area contributed by atoms with E-state index in [0.717, 1.165) is 11.4 Å². The summed E-state index contributed by atoms with van der Waals surface area (Å²) < 4.78 is 0. The summed E-state index contributed by atoms with van der Waals surface area (Å²) in [7, 11) is 3.89. The fourth-order valence-electron chi connectivity index (χ4n) is 1.12. The van der Waals surface area contributed by atoms with Crippen LogP contribution in [-0.4, -0.2) is 20.1 Å². The highest BCUT2D eigenvalue weighted by Gasteiger charge is 2.00. The predicted octanol–water partition coefficient (Wildman–Crippen LogP) is 2.02. The highest BCUT2D eigenvalue weighted by Crippen LogP contribution is 2.16. The Kier molecular flexibility index (Phi) is 3.74. The Bertz CT molecular complexity index is 361. The maximum atomic E-state index is 11.2. The Morgan fingerprint density at radius 2 is 2.20 bits per heavy atom. The molecule has 0 aliphatic carbocycles. The van der Waals surface area contributed by atoms with Crippen molar-refractivity contribution in [3.05, 3.63) is 37.0 Å². The third-order valence-electron chi connectivity index (χ3n) is 1.85. The van der Waals surface area contributed by atoms with Gasteiger partial charge in [0.25, 0.3) is 0 Å². The summed E-state index contributed by atoms with van der Waals surface area (Å²) >= 11 is 0. The van der Waals surface area contributed by atoms with Crippen molar-refractivity contribution in [3.8, 4) is 0 Å². The average Bonchev–Trinajstić information content (AvgIpc) is 2.18. The predicted molar refractivity (Wildman–Crippen MR) is 63.1 cm³/mol. The molecule has 80 valence electrons. The number of anilines is 2. The second-order valence-corrected chi connectivity index (χ2v) is 3.25. The largest absolute Gasteiger partial charge is 0.378 e. The lowest BCUT2D eigenvalue weighted by molar-refractivity contribution is 0.255. The van der Waals surface area contributed by atoms with Crippen LogP contribution in [0.1, 0.15) is 0 Å². The number of hydrogen-bond acceptors (Lipinski definition) is 2. The summed E-state index contributed by atoms with van der Waals surface area (Å²) in [6, 6.07) is 7.29. The summed E-state index contributed by atoms with van der Waals surface area (Å²) in [5.74, 6) is 0. The number of carbonyl (C=O) groups excluding carboxylic acids is 1. The molecule has 4 nitrogen and oxygen atoms in total. The first kappa shape index (κ1) is 11.1. The van der Waals surface area contributed by atoms with Crippen molar-refractivity contribution in [1.29, 1.82) is 0 Å². The highest BCUT2D eigenvalue weighted by molar-refractivity contribution is 5.90. The van der Waals surface area contributed by atoms with Gasteiger partial charge in [-0.15, -0.1) is 0 Å². The van der Waals surface area contributed by atoms with E-state index in [0.29, 0.717) is 0 Å². The summed E-state index contributed by atoms with van der Waals surface area (Å²) in [6.07, 6.45) is 1.34. The summed E-state index contributed by atoms with van der Waals surface area (Å²) in [5, 5.41) is 5.13. The van der Waals surface area contributed by atoms with Gasteiger partial charge in [0.05, 0.1) is 0 Å². The molecular formula is C11H15N3O. The molecule has 1 aromatic carbocycles. The van der Waals surface area contributed by atoms with Gasteiger partial charge in [-0.05, 0) is 24.4 Å². The molecule has 0 aliphatic rings. The van der Waals surface area contributed by atoms with Gasteiger partial charge in [-0.1, -0.05) is 12.6 Å². The number of nitrogens with one attached hydrogen (secondary N) is 2. The van der Waals surface area contributed by atoms with Crippen molar-refractivity contribution in [2.75, 3.05) is 24.3 Å². The van der Waals surface area contributed by atoms with Crippen LogP contribution in [-0.2, 0) is 0 Å². The van der Waals surface area contributed by atoms with E-state index < -0.39 is 0 Å². The Balaban J connectivity index is 2.73. The fraction of sp³-hybridized carbons (Fsp3) is 0.182. The van der Waals surface area contributed by atoms with E-state index in [-0.39, 0.29) is 6.03 Å². The molecule has 1 rings (SSSR count). The van der Waals surface area contributed by atoms with Crippen LogP contribution in [0.25, 0.3) is 0 Å². The molecule has 0 fully saturated rings. The van der Waals surface area contributed by atoms with Gasteiger partial charge in [-0.2, -0.15) is 0 Å². The quantitative estimate of drug-likeness (QED) is 0.792. The van der Waals surface area contributed by atoms with Crippen molar-refractivity contribution >= 4 is 17.4 Å². The molecule has 15 heavy (non-hydrogen) atoms. The molecule has 0 aromatic heterocycles. The van der Waals surface area contributed by atoms with E-state index >= 15 is 0 Å². The molecule has 1 aromatic rings. The second kappa shape index (κ2) is 5.05. The summed E-state index contributed by atoms with van der Waals surface area (Å²) in [4.78, 5) is 13.2. The monoisotopic (exact) mass is 205 g/mol. The van der Waals surface area contributed by atoms with E-state index in [1.165, 1.54) is 6.20 Å². The van der Waals surface area contributed by atoms with Gasteiger partial charge in [-0.25, -0.2) is 4.79 Å². The van der Waals surface area contributed by atoms with Gasteiger partial charge in [0.1, 0.15) is 0 Å². The number of urea groups is 1. The molecule has 0 atom stereocenters. The molecule has 0 heterocycles. The summed E-state index contributed by atoms with van der Waals surface area (Å²) in [6.45, 7) is 3.41. The van der Waals surface area contributed by atoms with Crippen LogP contribution in [0.15, 0.2) is 37.0 Å². The minimum absolute atomic E-state index is 0.291. The lowest BCUT2D eigenvalue weighted by Crippen LogP contribution is -2.23. The zero-order valence-electron chi connectivity index (χ0n) is 8.95. The van der Waals surface area contributed by atoms with E-state index in [1.807, 2.05) is 43.3 Å². The van der Waals surface area contributed by atoms with Gasteiger partial charge in [0, 0.05) is 25.5 Å². The van der Waals surface area contributed by atoms with Gasteiger partial charge in [0.15, 0.2) is 0 Å². The molecule has 0 aliphatic heterocycles. The van der Waals surface area contributed by atoms with Gasteiger partial charge >= 0.3 is 6.03 Å². The molecule has 2 amide bonds. The number of carbonyl (C=O) groups is 1. The minimum atomic E-state index is -0.291. The molecule has 0 saturated heterocycles.